The molecule has 0 unspecified atom stereocenters. The maximum Gasteiger partial charge on any atom is 0.335 e. The minimum atomic E-state index is -0.924. The summed E-state index contributed by atoms with van der Waals surface area (Å²) in [5.41, 5.74) is 4.74. The first-order chi connectivity index (χ1) is 11.2. The molecule has 0 spiro atoms. The van der Waals surface area contributed by atoms with E-state index in [0.29, 0.717) is 0 Å². The smallest absolute Gasteiger partial charge is 0.335 e. The molecule has 2 rings (SSSR count). The lowest BCUT2D eigenvalue weighted by Crippen LogP contribution is -2.35. The number of hydrogen-bond acceptors (Lipinski definition) is 2. The van der Waals surface area contributed by atoms with Gasteiger partial charge in [-0.3, -0.25) is 0 Å². The second-order valence-electron chi connectivity index (χ2n) is 6.44. The van der Waals surface area contributed by atoms with Gasteiger partial charge in [0.15, 0.2) is 0 Å². The van der Waals surface area contributed by atoms with Crippen LogP contribution in [0.15, 0.2) is 61.7 Å². The van der Waals surface area contributed by atoms with Crippen molar-refractivity contribution in [1.82, 2.24) is 5.32 Å². The number of nitrogens with one attached hydrogen (secondary N) is 1. The third-order valence-corrected chi connectivity index (χ3v) is 4.03. The van der Waals surface area contributed by atoms with E-state index in [2.05, 4.69) is 18.5 Å². The molecule has 0 saturated heterocycles. The molecule has 0 bridgehead atoms. The molecule has 0 heterocycles. The van der Waals surface area contributed by atoms with Gasteiger partial charge in [0.05, 0.1) is 11.1 Å². The fourth-order valence-corrected chi connectivity index (χ4v) is 2.66. The molecule has 0 aliphatic rings. The van der Waals surface area contributed by atoms with Crippen LogP contribution >= 0.6 is 0 Å². The van der Waals surface area contributed by atoms with Gasteiger partial charge in [-0.1, -0.05) is 55.1 Å². The largest absolute Gasteiger partial charge is 0.478 e. The van der Waals surface area contributed by atoms with Crippen LogP contribution in [0.4, 0.5) is 0 Å². The summed E-state index contributed by atoms with van der Waals surface area (Å²) < 4.78 is 0. The summed E-state index contributed by atoms with van der Waals surface area (Å²) >= 11 is 0. The summed E-state index contributed by atoms with van der Waals surface area (Å²) in [6.45, 7) is 14.3. The monoisotopic (exact) mass is 321 g/mol. The predicted molar refractivity (Wildman–Crippen MR) is 99.7 cm³/mol. The summed E-state index contributed by atoms with van der Waals surface area (Å²) in [4.78, 5) is 11.0. The van der Waals surface area contributed by atoms with Crippen molar-refractivity contribution in [2.24, 2.45) is 0 Å². The number of allylic oxidation sites excluding steroid dienone is 1. The zero-order valence-corrected chi connectivity index (χ0v) is 14.4. The van der Waals surface area contributed by atoms with E-state index in [-0.39, 0.29) is 5.56 Å². The normalized spacial score (nSPS) is 11.0. The highest BCUT2D eigenvalue weighted by molar-refractivity contribution is 5.87. The van der Waals surface area contributed by atoms with Crippen molar-refractivity contribution in [3.8, 4) is 0 Å². The Morgan fingerprint density at radius 1 is 1.00 bits per heavy atom. The number of hydrogen-bond donors (Lipinski definition) is 2. The van der Waals surface area contributed by atoms with Gasteiger partial charge in [0.2, 0.25) is 0 Å². The molecule has 0 saturated carbocycles. The van der Waals surface area contributed by atoms with E-state index in [1.807, 2.05) is 57.2 Å². The molecular formula is C21H23NO2. The Labute approximate surface area is 143 Å². The zero-order valence-electron chi connectivity index (χ0n) is 14.4. The lowest BCUT2D eigenvalue weighted by Gasteiger charge is -2.30. The quantitative estimate of drug-likeness (QED) is 0.794. The molecule has 0 amide bonds. The first-order valence-corrected chi connectivity index (χ1v) is 7.78. The Hall–Kier alpha value is -2.81. The topological polar surface area (TPSA) is 49.3 Å². The van der Waals surface area contributed by atoms with Gasteiger partial charge in [-0.15, -0.1) is 0 Å². The number of rotatable bonds is 6. The second-order valence-corrected chi connectivity index (χ2v) is 6.44. The molecule has 24 heavy (non-hydrogen) atoms. The second kappa shape index (κ2) is 6.75. The highest BCUT2D eigenvalue weighted by atomic mass is 16.4. The number of carbonyl (C=O) groups is 1. The molecule has 0 aliphatic heterocycles. The van der Waals surface area contributed by atoms with Gasteiger partial charge >= 0.3 is 5.97 Å². The number of carboxylic acids is 1. The van der Waals surface area contributed by atoms with Crippen molar-refractivity contribution in [2.45, 2.75) is 26.3 Å². The molecule has 2 aromatic rings. The molecule has 2 aromatic carbocycles. The van der Waals surface area contributed by atoms with Crippen LogP contribution in [0.1, 0.15) is 47.8 Å². The van der Waals surface area contributed by atoms with Crippen LogP contribution in [-0.2, 0) is 5.54 Å². The highest BCUT2D eigenvalue weighted by Crippen LogP contribution is 2.27. The van der Waals surface area contributed by atoms with E-state index < -0.39 is 11.5 Å². The minimum absolute atomic E-state index is 0.279. The summed E-state index contributed by atoms with van der Waals surface area (Å²) in [5, 5.41) is 12.5. The molecule has 3 nitrogen and oxygen atoms in total. The van der Waals surface area contributed by atoms with E-state index in [1.54, 1.807) is 12.1 Å². The highest BCUT2D eigenvalue weighted by Gasteiger charge is 2.22. The van der Waals surface area contributed by atoms with E-state index in [0.717, 1.165) is 28.0 Å². The lowest BCUT2D eigenvalue weighted by molar-refractivity contribution is 0.0697. The molecule has 3 heteroatoms. The van der Waals surface area contributed by atoms with Crippen molar-refractivity contribution in [3.05, 3.63) is 83.9 Å². The Kier molecular flexibility index (Phi) is 4.93. The number of carboxylic acid groups (broad SMARTS) is 1. The summed E-state index contributed by atoms with van der Waals surface area (Å²) in [7, 11) is 0. The van der Waals surface area contributed by atoms with Gasteiger partial charge in [0.25, 0.3) is 0 Å². The van der Waals surface area contributed by atoms with Crippen molar-refractivity contribution in [3.63, 3.8) is 0 Å². The van der Waals surface area contributed by atoms with E-state index >= 15 is 0 Å². The van der Waals surface area contributed by atoms with E-state index in [1.165, 1.54) is 0 Å². The van der Waals surface area contributed by atoms with E-state index in [4.69, 9.17) is 5.11 Å². The Morgan fingerprint density at radius 3 is 2.04 bits per heavy atom. The fourth-order valence-electron chi connectivity index (χ4n) is 2.66. The minimum Gasteiger partial charge on any atom is -0.478 e. The first kappa shape index (κ1) is 17.5. The van der Waals surface area contributed by atoms with Gasteiger partial charge in [0, 0.05) is 11.3 Å². The van der Waals surface area contributed by atoms with Crippen LogP contribution in [0.25, 0.3) is 11.3 Å². The number of benzene rings is 2. The third-order valence-electron chi connectivity index (χ3n) is 4.03. The van der Waals surface area contributed by atoms with Crippen LogP contribution < -0.4 is 5.32 Å². The predicted octanol–water partition coefficient (Wildman–Crippen LogP) is 4.91. The average Bonchev–Trinajstić information content (AvgIpc) is 2.54. The van der Waals surface area contributed by atoms with E-state index in [9.17, 15) is 4.79 Å². The van der Waals surface area contributed by atoms with Gasteiger partial charge < -0.3 is 10.4 Å². The van der Waals surface area contributed by atoms with Crippen molar-refractivity contribution in [2.75, 3.05) is 0 Å². The molecule has 0 aromatic heterocycles. The van der Waals surface area contributed by atoms with Crippen LogP contribution in [0, 0.1) is 0 Å². The maximum absolute atomic E-state index is 11.0. The van der Waals surface area contributed by atoms with Gasteiger partial charge in [0.1, 0.15) is 0 Å². The molecule has 0 atom stereocenters. The molecular weight excluding hydrogens is 298 g/mol. The van der Waals surface area contributed by atoms with Crippen LogP contribution in [-0.4, -0.2) is 11.1 Å². The Balaban J connectivity index is 2.27. The molecule has 0 fully saturated rings. The van der Waals surface area contributed by atoms with Crippen molar-refractivity contribution < 1.29 is 9.90 Å². The van der Waals surface area contributed by atoms with Crippen molar-refractivity contribution >= 4 is 17.2 Å². The first-order valence-electron chi connectivity index (χ1n) is 7.78. The Morgan fingerprint density at radius 2 is 1.54 bits per heavy atom. The summed E-state index contributed by atoms with van der Waals surface area (Å²) in [5.74, 6) is -0.924. The average molecular weight is 321 g/mol. The molecule has 2 N–H and O–H groups in total. The van der Waals surface area contributed by atoms with Crippen molar-refractivity contribution in [1.29, 1.82) is 0 Å². The van der Waals surface area contributed by atoms with Crippen LogP contribution in [0.3, 0.4) is 0 Å². The molecule has 124 valence electrons. The maximum atomic E-state index is 11.0. The molecule has 0 aliphatic carbocycles. The van der Waals surface area contributed by atoms with Gasteiger partial charge in [-0.05, 0) is 44.0 Å². The zero-order chi connectivity index (χ0) is 17.9. The SMILES string of the molecule is C=C(C)c1ccccc1C(=C)NC(C)(C)c1ccc(C(=O)O)cc1. The van der Waals surface area contributed by atoms with Gasteiger partial charge in [-0.25, -0.2) is 4.79 Å². The lowest BCUT2D eigenvalue weighted by atomic mass is 9.91. The summed E-state index contributed by atoms with van der Waals surface area (Å²) in [6.07, 6.45) is 0. The summed E-state index contributed by atoms with van der Waals surface area (Å²) in [6, 6.07) is 14.9. The van der Waals surface area contributed by atoms with Gasteiger partial charge in [-0.2, -0.15) is 0 Å². The number of aromatic carboxylic acids is 1. The standard InChI is InChI=1S/C21H23NO2/c1-14(2)18-8-6-7-9-19(18)15(3)22-21(4,5)17-12-10-16(11-13-17)20(23)24/h6-13,22H,1,3H2,2,4-5H3,(H,23,24). The van der Waals surface area contributed by atoms with Crippen LogP contribution in [0.2, 0.25) is 0 Å². The fraction of sp³-hybridized carbons (Fsp3) is 0.190. The Bertz CT molecular complexity index is 786. The molecule has 0 radical (unpaired) electrons. The van der Waals surface area contributed by atoms with Crippen LogP contribution in [0.5, 0.6) is 0 Å². The third kappa shape index (κ3) is 3.74.